The number of hydrogen-bond donors (Lipinski definition) is 2. The molecule has 1 fully saturated rings. The molecule has 0 aliphatic carbocycles. The van der Waals surface area contributed by atoms with Gasteiger partial charge in [-0.1, -0.05) is 11.6 Å². The van der Waals surface area contributed by atoms with Crippen molar-refractivity contribution in [3.8, 4) is 0 Å². The molecular formula is C25H32ClF2N3O4S2. The molecule has 0 spiro atoms. The number of thioether (sulfide) groups is 1. The first-order chi connectivity index (χ1) is 17.4. The first-order valence-corrected chi connectivity index (χ1v) is 14.7. The molecule has 12 heteroatoms. The molecule has 1 heterocycles. The van der Waals surface area contributed by atoms with E-state index in [1.807, 2.05) is 23.7 Å². The fourth-order valence-corrected chi connectivity index (χ4v) is 6.20. The SMILES string of the molecule is CN(C)CC[C@H](CSc1ccc(F)cc1)Nc1c(F)cc(S(=O)(=O)NC(=O)[C@@]2(C)CCCCO2)cc1Cl. The second-order valence-corrected chi connectivity index (χ2v) is 12.6. The predicted molar refractivity (Wildman–Crippen MR) is 143 cm³/mol. The first-order valence-electron chi connectivity index (χ1n) is 11.9. The minimum absolute atomic E-state index is 0.0296. The van der Waals surface area contributed by atoms with E-state index in [0.717, 1.165) is 29.9 Å². The van der Waals surface area contributed by atoms with Crippen LogP contribution in [0.15, 0.2) is 46.2 Å². The van der Waals surface area contributed by atoms with Crippen molar-refractivity contribution in [2.24, 2.45) is 0 Å². The number of nitrogens with one attached hydrogen (secondary N) is 2. The zero-order chi connectivity index (χ0) is 27.2. The van der Waals surface area contributed by atoms with Crippen LogP contribution in [0.2, 0.25) is 5.02 Å². The second-order valence-electron chi connectivity index (χ2n) is 9.43. The molecule has 1 aliphatic heterocycles. The number of ether oxygens (including phenoxy) is 1. The Kier molecular flexibility index (Phi) is 10.2. The van der Waals surface area contributed by atoms with E-state index in [-0.39, 0.29) is 22.6 Å². The molecule has 204 valence electrons. The van der Waals surface area contributed by atoms with E-state index in [9.17, 15) is 17.6 Å². The number of nitrogens with zero attached hydrogens (tertiary/aromatic N) is 1. The van der Waals surface area contributed by atoms with Crippen molar-refractivity contribution in [1.29, 1.82) is 0 Å². The van der Waals surface area contributed by atoms with Crippen LogP contribution in [0, 0.1) is 11.6 Å². The summed E-state index contributed by atoms with van der Waals surface area (Å²) in [6, 6.07) is 7.81. The van der Waals surface area contributed by atoms with Crippen LogP contribution in [-0.2, 0) is 19.6 Å². The van der Waals surface area contributed by atoms with Gasteiger partial charge in [0.15, 0.2) is 0 Å². The number of benzene rings is 2. The molecule has 2 aromatic carbocycles. The standard InChI is InChI=1S/C25H32ClF2N3O4S2/c1-25(11-4-5-13-35-25)24(32)30-37(33,34)20-14-21(26)23(22(28)15-20)29-18(10-12-31(2)3)16-36-19-8-6-17(27)7-9-19/h6-9,14-15,18,29H,4-5,10-13,16H2,1-3H3,(H,30,32)/t18-,25-/m1/s1. The Bertz CT molecular complexity index is 1170. The lowest BCUT2D eigenvalue weighted by molar-refractivity contribution is -0.148. The van der Waals surface area contributed by atoms with Crippen LogP contribution in [-0.4, -0.2) is 63.9 Å². The molecule has 2 aromatic rings. The number of hydrogen-bond acceptors (Lipinski definition) is 7. The van der Waals surface area contributed by atoms with Crippen molar-refractivity contribution in [2.45, 2.75) is 54.0 Å². The molecular weight excluding hydrogens is 544 g/mol. The molecule has 0 saturated carbocycles. The van der Waals surface area contributed by atoms with Crippen molar-refractivity contribution >= 4 is 45.0 Å². The third kappa shape index (κ3) is 8.28. The van der Waals surface area contributed by atoms with Gasteiger partial charge in [0.1, 0.15) is 17.2 Å². The van der Waals surface area contributed by atoms with Gasteiger partial charge < -0.3 is 15.0 Å². The number of anilines is 1. The van der Waals surface area contributed by atoms with E-state index < -0.39 is 32.2 Å². The average molecular weight is 576 g/mol. The summed E-state index contributed by atoms with van der Waals surface area (Å²) in [5.74, 6) is -1.45. The van der Waals surface area contributed by atoms with Crippen molar-refractivity contribution in [3.05, 3.63) is 53.1 Å². The van der Waals surface area contributed by atoms with E-state index in [2.05, 4.69) is 5.32 Å². The fraction of sp³-hybridized carbons (Fsp3) is 0.480. The quantitative estimate of drug-likeness (QED) is 0.368. The maximum absolute atomic E-state index is 15.2. The van der Waals surface area contributed by atoms with Crippen LogP contribution >= 0.6 is 23.4 Å². The molecule has 1 saturated heterocycles. The molecule has 0 radical (unpaired) electrons. The summed E-state index contributed by atoms with van der Waals surface area (Å²) >= 11 is 7.81. The largest absolute Gasteiger partial charge is 0.378 e. The van der Waals surface area contributed by atoms with Gasteiger partial charge in [-0.15, -0.1) is 11.8 Å². The van der Waals surface area contributed by atoms with Gasteiger partial charge in [-0.25, -0.2) is 21.9 Å². The Hall–Kier alpha value is -1.92. The van der Waals surface area contributed by atoms with Gasteiger partial charge in [0.05, 0.1) is 15.6 Å². The van der Waals surface area contributed by atoms with Crippen molar-refractivity contribution < 1.29 is 26.7 Å². The summed E-state index contributed by atoms with van der Waals surface area (Å²) in [5, 5.41) is 2.97. The number of amides is 1. The van der Waals surface area contributed by atoms with E-state index in [4.69, 9.17) is 16.3 Å². The van der Waals surface area contributed by atoms with E-state index in [0.29, 0.717) is 31.7 Å². The molecule has 2 N–H and O–H groups in total. The number of sulfonamides is 1. The van der Waals surface area contributed by atoms with Crippen molar-refractivity contribution in [3.63, 3.8) is 0 Å². The lowest BCUT2D eigenvalue weighted by Gasteiger charge is -2.32. The summed E-state index contributed by atoms with van der Waals surface area (Å²) in [5.41, 5.74) is -1.30. The summed E-state index contributed by atoms with van der Waals surface area (Å²) < 4.78 is 61.6. The van der Waals surface area contributed by atoms with Gasteiger partial charge in [-0.2, -0.15) is 0 Å². The summed E-state index contributed by atoms with van der Waals surface area (Å²) in [7, 11) is -0.539. The van der Waals surface area contributed by atoms with Crippen LogP contribution in [0.1, 0.15) is 32.6 Å². The number of carbonyl (C=O) groups is 1. The van der Waals surface area contributed by atoms with Crippen molar-refractivity contribution in [2.75, 3.05) is 38.3 Å². The molecule has 0 unspecified atom stereocenters. The summed E-state index contributed by atoms with van der Waals surface area (Å²) in [6.07, 6.45) is 2.56. The number of carbonyl (C=O) groups excluding carboxylic acids is 1. The molecule has 1 aliphatic rings. The highest BCUT2D eigenvalue weighted by molar-refractivity contribution is 7.99. The van der Waals surface area contributed by atoms with Gasteiger partial charge in [0.2, 0.25) is 0 Å². The third-order valence-electron chi connectivity index (χ3n) is 6.04. The molecule has 7 nitrogen and oxygen atoms in total. The Balaban J connectivity index is 1.75. The van der Waals surface area contributed by atoms with Crippen LogP contribution in [0.25, 0.3) is 0 Å². The normalized spacial score (nSPS) is 19.0. The van der Waals surface area contributed by atoms with Gasteiger partial charge in [-0.3, -0.25) is 4.79 Å². The molecule has 0 bridgehead atoms. The maximum Gasteiger partial charge on any atom is 0.265 e. The average Bonchev–Trinajstić information content (AvgIpc) is 2.83. The van der Waals surface area contributed by atoms with Crippen LogP contribution in [0.3, 0.4) is 0 Å². The zero-order valence-corrected chi connectivity index (χ0v) is 23.4. The minimum Gasteiger partial charge on any atom is -0.378 e. The number of halogens is 3. The van der Waals surface area contributed by atoms with Gasteiger partial charge in [0.25, 0.3) is 15.9 Å². The molecule has 0 aromatic heterocycles. The van der Waals surface area contributed by atoms with Crippen molar-refractivity contribution in [1.82, 2.24) is 9.62 Å². The Labute approximate surface area is 226 Å². The summed E-state index contributed by atoms with van der Waals surface area (Å²) in [4.78, 5) is 15.0. The lowest BCUT2D eigenvalue weighted by atomic mass is 9.95. The van der Waals surface area contributed by atoms with E-state index in [1.54, 1.807) is 12.1 Å². The summed E-state index contributed by atoms with van der Waals surface area (Å²) in [6.45, 7) is 2.61. The topological polar surface area (TPSA) is 87.7 Å². The molecule has 37 heavy (non-hydrogen) atoms. The van der Waals surface area contributed by atoms with Gasteiger partial charge >= 0.3 is 0 Å². The lowest BCUT2D eigenvalue weighted by Crippen LogP contribution is -2.50. The molecule has 3 rings (SSSR count). The van der Waals surface area contributed by atoms with Crippen LogP contribution in [0.5, 0.6) is 0 Å². The fourth-order valence-electron chi connectivity index (χ4n) is 3.79. The smallest absolute Gasteiger partial charge is 0.265 e. The number of rotatable bonds is 11. The Morgan fingerprint density at radius 2 is 1.92 bits per heavy atom. The Morgan fingerprint density at radius 3 is 2.51 bits per heavy atom. The van der Waals surface area contributed by atoms with Crippen LogP contribution in [0.4, 0.5) is 14.5 Å². The monoisotopic (exact) mass is 575 g/mol. The first kappa shape index (κ1) is 29.6. The third-order valence-corrected chi connectivity index (χ3v) is 8.82. The van der Waals surface area contributed by atoms with Gasteiger partial charge in [-0.05, 0) is 89.6 Å². The minimum atomic E-state index is -4.38. The van der Waals surface area contributed by atoms with E-state index >= 15 is 4.39 Å². The zero-order valence-electron chi connectivity index (χ0n) is 21.0. The van der Waals surface area contributed by atoms with E-state index in [1.165, 1.54) is 30.8 Å². The predicted octanol–water partition coefficient (Wildman–Crippen LogP) is 4.91. The van der Waals surface area contributed by atoms with Crippen LogP contribution < -0.4 is 10.0 Å². The second kappa shape index (κ2) is 12.8. The highest BCUT2D eigenvalue weighted by Gasteiger charge is 2.38. The highest BCUT2D eigenvalue weighted by Crippen LogP contribution is 2.32. The maximum atomic E-state index is 15.2. The van der Waals surface area contributed by atoms with Gasteiger partial charge in [0, 0.05) is 23.3 Å². The Morgan fingerprint density at radius 1 is 1.22 bits per heavy atom. The molecule has 1 amide bonds. The highest BCUT2D eigenvalue weighted by atomic mass is 35.5. The molecule has 2 atom stereocenters.